The van der Waals surface area contributed by atoms with Crippen molar-refractivity contribution in [3.63, 3.8) is 0 Å². The summed E-state index contributed by atoms with van der Waals surface area (Å²) in [5.41, 5.74) is 1.73. The fourth-order valence-corrected chi connectivity index (χ4v) is 10.9. The molecule has 7 rings (SSSR count). The Hall–Kier alpha value is -0.916. The second-order valence-electron chi connectivity index (χ2n) is 14.5. The second kappa shape index (κ2) is 12.1. The second-order valence-corrected chi connectivity index (χ2v) is 15.6. The van der Waals surface area contributed by atoms with Gasteiger partial charge in [0.2, 0.25) is 0 Å². The number of hydrogen-bond donors (Lipinski definition) is 0. The topological polar surface area (TPSA) is 0 Å². The number of hydrogen-bond acceptors (Lipinski definition) is 0. The average Bonchev–Trinajstić information content (AvgIpc) is 3.69. The maximum atomic E-state index is 2.99. The molecule has 8 atom stereocenters. The Kier molecular flexibility index (Phi) is 10.3. The molecule has 0 aromatic carbocycles. The van der Waals surface area contributed by atoms with E-state index in [9.17, 15) is 0 Å². The van der Waals surface area contributed by atoms with E-state index in [0.29, 0.717) is 5.92 Å². The van der Waals surface area contributed by atoms with Crippen molar-refractivity contribution in [2.24, 2.45) is 43.8 Å². The summed E-state index contributed by atoms with van der Waals surface area (Å²) in [6, 6.07) is 0. The summed E-state index contributed by atoms with van der Waals surface area (Å²) in [5, 5.41) is 0. The molecule has 3 fully saturated rings. The molecule has 42 heavy (non-hydrogen) atoms. The molecule has 0 aromatic rings. The van der Waals surface area contributed by atoms with Crippen LogP contribution < -0.4 is 24.8 Å². The molecule has 0 aliphatic heterocycles. The Morgan fingerprint density at radius 3 is 1.71 bits per heavy atom. The summed E-state index contributed by atoms with van der Waals surface area (Å²) in [6.45, 7) is 20.3. The summed E-state index contributed by atoms with van der Waals surface area (Å²) in [7, 11) is 0. The van der Waals surface area contributed by atoms with Crippen molar-refractivity contribution in [3.05, 3.63) is 103 Å². The van der Waals surface area contributed by atoms with Crippen LogP contribution in [0.15, 0.2) is 90.6 Å². The predicted molar refractivity (Wildman–Crippen MR) is 169 cm³/mol. The fraction of sp³-hybridized carbons (Fsp3) is 0.538. The molecule has 0 amide bonds. The van der Waals surface area contributed by atoms with Gasteiger partial charge in [-0.1, -0.05) is 115 Å². The molecule has 226 valence electrons. The molecule has 0 spiro atoms. The van der Waals surface area contributed by atoms with Crippen LogP contribution in [0.2, 0.25) is 0 Å². The van der Waals surface area contributed by atoms with Crippen molar-refractivity contribution in [1.82, 2.24) is 0 Å². The first-order chi connectivity index (χ1) is 18.8. The van der Waals surface area contributed by atoms with Crippen LogP contribution in [0.5, 0.6) is 0 Å². The third-order valence-corrected chi connectivity index (χ3v) is 14.6. The van der Waals surface area contributed by atoms with Crippen molar-refractivity contribution < 1.29 is 44.8 Å². The Bertz CT molecular complexity index is 1290. The van der Waals surface area contributed by atoms with Crippen LogP contribution in [0.25, 0.3) is 0 Å². The van der Waals surface area contributed by atoms with Gasteiger partial charge in [-0.25, -0.2) is 12.2 Å². The minimum atomic E-state index is 0. The molecular formula is C39H50Cl2Ti-2. The summed E-state index contributed by atoms with van der Waals surface area (Å²) in [6.07, 6.45) is 45.0. The number of fused-ring (bicyclic) bond motifs is 8. The molecule has 0 bridgehead atoms. The third kappa shape index (κ3) is 4.28. The van der Waals surface area contributed by atoms with Crippen LogP contribution >= 0.6 is 0 Å². The molecule has 3 heteroatoms. The Morgan fingerprint density at radius 1 is 0.738 bits per heavy atom. The Morgan fingerprint density at radius 2 is 1.26 bits per heavy atom. The normalized spacial score (nSPS) is 46.1. The summed E-state index contributed by atoms with van der Waals surface area (Å²) >= 11 is 2.26. The first-order valence-corrected chi connectivity index (χ1v) is 16.3. The van der Waals surface area contributed by atoms with E-state index < -0.39 is 0 Å². The van der Waals surface area contributed by atoms with E-state index in [4.69, 9.17) is 0 Å². The van der Waals surface area contributed by atoms with Crippen LogP contribution in [0.4, 0.5) is 0 Å². The van der Waals surface area contributed by atoms with Gasteiger partial charge in [-0.2, -0.15) is 6.08 Å². The summed E-state index contributed by atoms with van der Waals surface area (Å²) in [5.74, 6) is 0.460. The van der Waals surface area contributed by atoms with Gasteiger partial charge in [0.25, 0.3) is 0 Å². The number of halogens is 2. The zero-order valence-electron chi connectivity index (χ0n) is 27.0. The van der Waals surface area contributed by atoms with E-state index in [1.165, 1.54) is 31.3 Å². The van der Waals surface area contributed by atoms with Crippen LogP contribution in [0.3, 0.4) is 0 Å². The van der Waals surface area contributed by atoms with Gasteiger partial charge in [0.1, 0.15) is 0 Å². The van der Waals surface area contributed by atoms with Gasteiger partial charge in [0.05, 0.1) is 0 Å². The van der Waals surface area contributed by atoms with Crippen molar-refractivity contribution >= 4 is 3.81 Å². The number of allylic oxidation sites excluding steroid dienone is 16. The van der Waals surface area contributed by atoms with Crippen molar-refractivity contribution in [2.75, 3.05) is 0 Å². The van der Waals surface area contributed by atoms with Gasteiger partial charge in [0.15, 0.2) is 0 Å². The van der Waals surface area contributed by atoms with E-state index in [1.807, 2.05) is 12.2 Å². The fourth-order valence-electron chi connectivity index (χ4n) is 10.4. The first-order valence-electron chi connectivity index (χ1n) is 15.5. The predicted octanol–water partition coefficient (Wildman–Crippen LogP) is 4.24. The molecule has 0 saturated heterocycles. The summed E-state index contributed by atoms with van der Waals surface area (Å²) in [4.78, 5) is 0. The molecule has 3 saturated carbocycles. The minimum absolute atomic E-state index is 0. The SMILES string of the molecule is CC1=CC=CC2[CH-]C3(C)C4(C)C=CC=CC4(C)C4(C)C=CC=CC4(C)C3(C)C12C.[C-]1=CC=CC1.[Cl-].[Cl-].[Ti+2]=[C]1CCCC1. The van der Waals surface area contributed by atoms with Crippen LogP contribution in [-0.4, -0.2) is 3.81 Å². The van der Waals surface area contributed by atoms with Gasteiger partial charge in [-0.05, 0) is 28.6 Å². The number of rotatable bonds is 0. The first kappa shape index (κ1) is 35.6. The zero-order chi connectivity index (χ0) is 29.1. The molecule has 0 nitrogen and oxygen atoms in total. The molecule has 8 unspecified atom stereocenters. The van der Waals surface area contributed by atoms with Crippen molar-refractivity contribution in [3.8, 4) is 0 Å². The van der Waals surface area contributed by atoms with Crippen LogP contribution in [0, 0.1) is 56.3 Å². The average molecular weight is 638 g/mol. The van der Waals surface area contributed by atoms with E-state index >= 15 is 0 Å². The Labute approximate surface area is 281 Å². The Balaban J connectivity index is 0.000000312. The monoisotopic (exact) mass is 636 g/mol. The molecule has 0 N–H and O–H groups in total. The van der Waals surface area contributed by atoms with Crippen LogP contribution in [-0.2, 0) is 20.0 Å². The van der Waals surface area contributed by atoms with E-state index in [-0.39, 0.29) is 62.7 Å². The maximum absolute atomic E-state index is 2.99. The molecule has 7 aliphatic rings. The van der Waals surface area contributed by atoms with E-state index in [2.05, 4.69) is 161 Å². The molecule has 0 aromatic heterocycles. The van der Waals surface area contributed by atoms with Gasteiger partial charge in [0, 0.05) is 10.8 Å². The van der Waals surface area contributed by atoms with Crippen molar-refractivity contribution in [2.45, 2.75) is 87.5 Å². The van der Waals surface area contributed by atoms with Crippen LogP contribution in [0.1, 0.15) is 87.5 Å². The van der Waals surface area contributed by atoms with Crippen molar-refractivity contribution in [1.29, 1.82) is 0 Å². The molecule has 0 heterocycles. The van der Waals surface area contributed by atoms with Gasteiger partial charge < -0.3 is 31.2 Å². The van der Waals surface area contributed by atoms with Gasteiger partial charge in [-0.15, -0.1) is 23.8 Å². The van der Waals surface area contributed by atoms with E-state index in [0.717, 1.165) is 6.42 Å². The van der Waals surface area contributed by atoms with Gasteiger partial charge in [-0.3, -0.25) is 6.08 Å². The molecule has 7 aliphatic carbocycles. The summed E-state index contributed by atoms with van der Waals surface area (Å²) < 4.78 is 1.70. The standard InChI is InChI=1S/C29H37.C5H8.C5H5.2ClH.Ti/c1-21-14-13-15-22-20-27(6)25(4)18-10-9-16-23(25,2)24(3)17-11-12-19-26(24,5)29(27,8)28(21,22)7;2*1-2-4-5-3-1;;;/h9-20,22H,1-8H3;1-4H2;1-3H,4H2;2*1H;/q-1;;-1;;;+2/p-2. The third-order valence-electron chi connectivity index (χ3n) is 13.8. The quantitative estimate of drug-likeness (QED) is 0.276. The zero-order valence-corrected chi connectivity index (χ0v) is 30.1. The van der Waals surface area contributed by atoms with E-state index in [1.54, 1.807) is 3.81 Å². The molecule has 0 radical (unpaired) electrons. The molecular weight excluding hydrogens is 587 g/mol. The van der Waals surface area contributed by atoms with Gasteiger partial charge >= 0.3 is 49.5 Å².